The standard InChI is InChI=1S/C23H21BrFNO6S/c1-4-31-18-9-15(10-20-21(27)26(23(29)33-20)13(2)22(28)30-3)17(24)11-19(18)32-12-14-6-5-7-16(25)8-14/h5-11,13H,4,12H2,1-3H3/b20-10+/t13-/m0/s1. The number of carbonyl (C=O) groups is 3. The first-order valence-electron chi connectivity index (χ1n) is 9.93. The molecular weight excluding hydrogens is 517 g/mol. The molecule has 1 saturated heterocycles. The first-order valence-corrected chi connectivity index (χ1v) is 11.5. The first kappa shape index (κ1) is 24.8. The molecule has 1 fully saturated rings. The maximum Gasteiger partial charge on any atom is 0.328 e. The number of hydrogen-bond donors (Lipinski definition) is 0. The number of thioether (sulfide) groups is 1. The van der Waals surface area contributed by atoms with Crippen molar-refractivity contribution in [3.63, 3.8) is 0 Å². The summed E-state index contributed by atoms with van der Waals surface area (Å²) in [6.45, 7) is 3.75. The molecule has 2 aromatic rings. The van der Waals surface area contributed by atoms with Crippen LogP contribution in [0.15, 0.2) is 45.8 Å². The van der Waals surface area contributed by atoms with Crippen LogP contribution in [0.3, 0.4) is 0 Å². The van der Waals surface area contributed by atoms with Crippen molar-refractivity contribution in [1.29, 1.82) is 0 Å². The van der Waals surface area contributed by atoms with Crippen LogP contribution in [0.4, 0.5) is 9.18 Å². The summed E-state index contributed by atoms with van der Waals surface area (Å²) in [7, 11) is 1.19. The predicted octanol–water partition coefficient (Wildman–Crippen LogP) is 5.16. The molecule has 33 heavy (non-hydrogen) atoms. The van der Waals surface area contributed by atoms with Gasteiger partial charge in [-0.1, -0.05) is 28.1 Å². The third-order valence-electron chi connectivity index (χ3n) is 4.69. The van der Waals surface area contributed by atoms with Crippen LogP contribution in [-0.2, 0) is 20.9 Å². The fourth-order valence-electron chi connectivity index (χ4n) is 3.06. The summed E-state index contributed by atoms with van der Waals surface area (Å²) in [4.78, 5) is 37.9. The molecule has 0 unspecified atom stereocenters. The van der Waals surface area contributed by atoms with E-state index in [-0.39, 0.29) is 17.3 Å². The van der Waals surface area contributed by atoms with E-state index >= 15 is 0 Å². The van der Waals surface area contributed by atoms with E-state index in [1.54, 1.807) is 24.3 Å². The van der Waals surface area contributed by atoms with E-state index in [1.807, 2.05) is 6.92 Å². The van der Waals surface area contributed by atoms with Crippen molar-refractivity contribution in [1.82, 2.24) is 4.90 Å². The van der Waals surface area contributed by atoms with Crippen molar-refractivity contribution in [2.24, 2.45) is 0 Å². The van der Waals surface area contributed by atoms with Gasteiger partial charge < -0.3 is 14.2 Å². The average molecular weight is 538 g/mol. The van der Waals surface area contributed by atoms with E-state index in [1.165, 1.54) is 32.2 Å². The van der Waals surface area contributed by atoms with Crippen LogP contribution >= 0.6 is 27.7 Å². The van der Waals surface area contributed by atoms with Crippen LogP contribution in [-0.4, -0.2) is 41.8 Å². The van der Waals surface area contributed by atoms with E-state index in [9.17, 15) is 18.8 Å². The zero-order valence-corrected chi connectivity index (χ0v) is 20.5. The summed E-state index contributed by atoms with van der Waals surface area (Å²) in [6, 6.07) is 8.41. The van der Waals surface area contributed by atoms with Gasteiger partial charge in [0.1, 0.15) is 18.5 Å². The van der Waals surface area contributed by atoms with Crippen LogP contribution in [0.25, 0.3) is 6.08 Å². The molecular formula is C23H21BrFNO6S. The lowest BCUT2D eigenvalue weighted by molar-refractivity contribution is -0.148. The number of halogens is 2. The molecule has 0 aromatic heterocycles. The fourth-order valence-corrected chi connectivity index (χ4v) is 4.40. The molecule has 174 valence electrons. The molecule has 1 atom stereocenters. The monoisotopic (exact) mass is 537 g/mol. The number of rotatable bonds is 8. The number of imide groups is 1. The molecule has 7 nitrogen and oxygen atoms in total. The Morgan fingerprint density at radius 3 is 2.61 bits per heavy atom. The van der Waals surface area contributed by atoms with Crippen molar-refractivity contribution in [2.75, 3.05) is 13.7 Å². The maximum atomic E-state index is 13.4. The number of amides is 2. The van der Waals surface area contributed by atoms with Gasteiger partial charge in [0, 0.05) is 4.47 Å². The molecule has 0 N–H and O–H groups in total. The van der Waals surface area contributed by atoms with E-state index in [0.717, 1.165) is 16.7 Å². The Hall–Kier alpha value is -2.85. The molecule has 1 aliphatic rings. The summed E-state index contributed by atoms with van der Waals surface area (Å²) in [5.41, 5.74) is 1.24. The molecule has 10 heteroatoms. The summed E-state index contributed by atoms with van der Waals surface area (Å²) >= 11 is 4.19. The van der Waals surface area contributed by atoms with Gasteiger partial charge in [-0.15, -0.1) is 0 Å². The third kappa shape index (κ3) is 5.75. The van der Waals surface area contributed by atoms with Crippen LogP contribution in [0, 0.1) is 5.82 Å². The highest BCUT2D eigenvalue weighted by molar-refractivity contribution is 9.10. The lowest BCUT2D eigenvalue weighted by Crippen LogP contribution is -2.42. The highest BCUT2D eigenvalue weighted by Gasteiger charge is 2.41. The quantitative estimate of drug-likeness (QED) is 0.339. The van der Waals surface area contributed by atoms with Gasteiger partial charge in [-0.2, -0.15) is 0 Å². The van der Waals surface area contributed by atoms with Crippen LogP contribution in [0.1, 0.15) is 25.0 Å². The van der Waals surface area contributed by atoms with Gasteiger partial charge in [-0.05, 0) is 67.1 Å². The molecule has 0 radical (unpaired) electrons. The van der Waals surface area contributed by atoms with Crippen LogP contribution in [0.2, 0.25) is 0 Å². The molecule has 0 spiro atoms. The lowest BCUT2D eigenvalue weighted by Gasteiger charge is -2.18. The summed E-state index contributed by atoms with van der Waals surface area (Å²) < 4.78 is 30.2. The Bertz CT molecular complexity index is 1120. The molecule has 0 aliphatic carbocycles. The van der Waals surface area contributed by atoms with Crippen molar-refractivity contribution >= 4 is 50.9 Å². The number of methoxy groups -OCH3 is 1. The van der Waals surface area contributed by atoms with Crippen molar-refractivity contribution in [3.8, 4) is 11.5 Å². The topological polar surface area (TPSA) is 82.1 Å². The Morgan fingerprint density at radius 2 is 1.94 bits per heavy atom. The molecule has 1 aliphatic heterocycles. The van der Waals surface area contributed by atoms with E-state index in [0.29, 0.717) is 33.7 Å². The molecule has 0 bridgehead atoms. The van der Waals surface area contributed by atoms with Gasteiger partial charge in [0.2, 0.25) is 0 Å². The van der Waals surface area contributed by atoms with Crippen LogP contribution < -0.4 is 9.47 Å². The number of esters is 1. The molecule has 0 saturated carbocycles. The van der Waals surface area contributed by atoms with Crippen molar-refractivity contribution in [2.45, 2.75) is 26.5 Å². The predicted molar refractivity (Wildman–Crippen MR) is 125 cm³/mol. The number of hydrogen-bond acceptors (Lipinski definition) is 7. The largest absolute Gasteiger partial charge is 0.490 e. The van der Waals surface area contributed by atoms with Gasteiger partial charge >= 0.3 is 5.97 Å². The molecule has 2 amide bonds. The van der Waals surface area contributed by atoms with Gasteiger partial charge in [-0.25, -0.2) is 9.18 Å². The number of carbonyl (C=O) groups excluding carboxylic acids is 3. The Kier molecular flexibility index (Phi) is 8.15. The van der Waals surface area contributed by atoms with Gasteiger partial charge in [0.25, 0.3) is 11.1 Å². The Balaban J connectivity index is 1.87. The van der Waals surface area contributed by atoms with Crippen LogP contribution in [0.5, 0.6) is 11.5 Å². The molecule has 1 heterocycles. The van der Waals surface area contributed by atoms with Gasteiger partial charge in [0.15, 0.2) is 11.5 Å². The summed E-state index contributed by atoms with van der Waals surface area (Å²) in [6.07, 6.45) is 1.54. The highest BCUT2D eigenvalue weighted by atomic mass is 79.9. The summed E-state index contributed by atoms with van der Waals surface area (Å²) in [5, 5.41) is -0.555. The number of ether oxygens (including phenoxy) is 3. The van der Waals surface area contributed by atoms with E-state index in [2.05, 4.69) is 20.7 Å². The number of benzene rings is 2. The smallest absolute Gasteiger partial charge is 0.328 e. The zero-order chi connectivity index (χ0) is 24.1. The Morgan fingerprint density at radius 1 is 1.21 bits per heavy atom. The highest BCUT2D eigenvalue weighted by Crippen LogP contribution is 2.39. The third-order valence-corrected chi connectivity index (χ3v) is 6.26. The van der Waals surface area contributed by atoms with Gasteiger partial charge in [0.05, 0.1) is 18.6 Å². The normalized spacial score (nSPS) is 15.7. The van der Waals surface area contributed by atoms with E-state index < -0.39 is 23.2 Å². The Labute approximate surface area is 203 Å². The maximum absolute atomic E-state index is 13.4. The average Bonchev–Trinajstić information content (AvgIpc) is 3.06. The second-order valence-corrected chi connectivity index (χ2v) is 8.77. The molecule has 3 rings (SSSR count). The minimum absolute atomic E-state index is 0.133. The SMILES string of the molecule is CCOc1cc(/C=C2/SC(=O)N([C@@H](C)C(=O)OC)C2=O)c(Br)cc1OCc1cccc(F)c1. The minimum Gasteiger partial charge on any atom is -0.490 e. The van der Waals surface area contributed by atoms with Gasteiger partial charge in [-0.3, -0.25) is 14.5 Å². The van der Waals surface area contributed by atoms with Crippen molar-refractivity contribution < 1.29 is 33.0 Å². The van der Waals surface area contributed by atoms with Crippen molar-refractivity contribution in [3.05, 3.63) is 62.7 Å². The number of nitrogens with zero attached hydrogens (tertiary/aromatic N) is 1. The lowest BCUT2D eigenvalue weighted by atomic mass is 10.1. The fraction of sp³-hybridized carbons (Fsp3) is 0.261. The second kappa shape index (κ2) is 10.8. The zero-order valence-electron chi connectivity index (χ0n) is 18.1. The molecule has 2 aromatic carbocycles. The second-order valence-electron chi connectivity index (χ2n) is 6.92. The van der Waals surface area contributed by atoms with E-state index in [4.69, 9.17) is 9.47 Å². The summed E-state index contributed by atoms with van der Waals surface area (Å²) in [5.74, 6) is -0.770. The first-order chi connectivity index (χ1) is 15.7. The minimum atomic E-state index is -1.03.